The molecule has 0 bridgehead atoms. The minimum absolute atomic E-state index is 0. The van der Waals surface area contributed by atoms with Crippen LogP contribution < -0.4 is 114 Å². The number of aromatic carboxylic acids is 2. The zero-order valence-electron chi connectivity index (χ0n) is 34.6. The average Bonchev–Trinajstić information content (AvgIpc) is 3.21. The summed E-state index contributed by atoms with van der Waals surface area (Å²) in [6.07, 6.45) is 2.32. The minimum atomic E-state index is -5.35. The van der Waals surface area contributed by atoms with Gasteiger partial charge >= 0.3 is 130 Å². The number of hydrazone groups is 1. The summed E-state index contributed by atoms with van der Waals surface area (Å²) >= 11 is 6.23. The molecule has 0 aliphatic rings. The first kappa shape index (κ1) is 62.0. The fourth-order valence-corrected chi connectivity index (χ4v) is 6.80. The Kier molecular flexibility index (Phi) is 23.4. The van der Waals surface area contributed by atoms with Crippen molar-refractivity contribution in [3.05, 3.63) is 125 Å². The topological polar surface area (TPSA) is 415 Å². The Balaban J connectivity index is 0.00000462. The van der Waals surface area contributed by atoms with Crippen molar-refractivity contribution in [2.24, 2.45) is 15.3 Å². The van der Waals surface area contributed by atoms with E-state index in [-0.39, 0.29) is 139 Å². The molecule has 2 aromatic heterocycles. The van der Waals surface area contributed by atoms with Crippen LogP contribution in [0.4, 0.5) is 34.6 Å². The van der Waals surface area contributed by atoms with Crippen molar-refractivity contribution in [2.45, 2.75) is 14.7 Å². The van der Waals surface area contributed by atoms with Crippen LogP contribution in [0.15, 0.2) is 133 Å². The smallest absolute Gasteiger partial charge is 0.870 e. The zero-order chi connectivity index (χ0) is 45.9. The van der Waals surface area contributed by atoms with Gasteiger partial charge in [0.2, 0.25) is 5.84 Å². The largest absolute Gasteiger partial charge is 2.00 e. The van der Waals surface area contributed by atoms with Crippen LogP contribution in [-0.2, 0) is 47.4 Å². The van der Waals surface area contributed by atoms with Crippen LogP contribution in [0.1, 0.15) is 26.3 Å². The number of azo groups is 1. The number of nitrogens with zero attached hydrogens (tertiary/aromatic N) is 7. The van der Waals surface area contributed by atoms with Gasteiger partial charge in [-0.3, -0.25) is 5.43 Å². The van der Waals surface area contributed by atoms with Gasteiger partial charge in [-0.15, -0.1) is 15.2 Å². The number of halogens is 1. The Hall–Kier alpha value is -4.05. The number of hydrogen-bond donors (Lipinski definition) is 5. The fourth-order valence-electron chi connectivity index (χ4n) is 5.12. The SMILES string of the molecule is O=C([O-])c1ccc[n+](-c2nc(Nc3cc(S(=O)(=O)[O-])ccc3Cl)nc(Nc3cc(S(=O)(=O)[O-])cc(N=N/C(=N\Nc4cc(S(=O)(=O)[O-])ccc4C(=O)O)c4ccccc4)c3O)n2)c1.[Cu+2].[Na+].[Na+].[Na+].[OH-]. The number of amidine groups is 1. The molecule has 1 radical (unpaired) electrons. The number of aromatic hydroxyl groups is 1. The van der Waals surface area contributed by atoms with Crippen LogP contribution in [0, 0.1) is 0 Å². The van der Waals surface area contributed by atoms with E-state index in [2.05, 4.69) is 46.3 Å². The van der Waals surface area contributed by atoms with Crippen molar-refractivity contribution in [1.29, 1.82) is 0 Å². The number of anilines is 5. The molecule has 6 rings (SSSR count). The van der Waals surface area contributed by atoms with Gasteiger partial charge in [-0.2, -0.15) is 5.10 Å². The maximum Gasteiger partial charge on any atom is 2.00 e. The Labute approximate surface area is 466 Å². The first-order chi connectivity index (χ1) is 29.6. The molecular formula is C35H23ClCuN10Na3O15S3+. The molecule has 0 unspecified atom stereocenters. The summed E-state index contributed by atoms with van der Waals surface area (Å²) in [6, 6.07) is 16.4. The van der Waals surface area contributed by atoms with Crippen LogP contribution in [0.3, 0.4) is 0 Å². The summed E-state index contributed by atoms with van der Waals surface area (Å²) in [7, 11) is -15.4. The van der Waals surface area contributed by atoms with Gasteiger partial charge < -0.3 is 49.9 Å². The van der Waals surface area contributed by atoms with Crippen LogP contribution in [-0.4, -0.2) is 87.3 Å². The number of carboxylic acid groups (broad SMARTS) is 2. The van der Waals surface area contributed by atoms with Gasteiger partial charge in [-0.05, 0) is 70.6 Å². The molecule has 0 atom stereocenters. The molecule has 6 aromatic rings. The summed E-state index contributed by atoms with van der Waals surface area (Å²) in [6.45, 7) is 0. The molecule has 341 valence electrons. The number of rotatable bonds is 14. The molecule has 0 fully saturated rings. The van der Waals surface area contributed by atoms with Crippen molar-refractivity contribution in [1.82, 2.24) is 15.0 Å². The average molecular weight is 1090 g/mol. The van der Waals surface area contributed by atoms with Crippen molar-refractivity contribution in [2.75, 3.05) is 16.1 Å². The number of carbonyl (C=O) groups is 2. The molecule has 0 aliphatic heterocycles. The molecule has 68 heavy (non-hydrogen) atoms. The van der Waals surface area contributed by atoms with Crippen LogP contribution in [0.2, 0.25) is 5.02 Å². The molecule has 2 heterocycles. The number of phenols is 1. The second-order valence-corrected chi connectivity index (χ2v) is 16.8. The molecule has 6 N–H and O–H groups in total. The number of carboxylic acids is 2. The van der Waals surface area contributed by atoms with Crippen LogP contribution >= 0.6 is 11.6 Å². The Morgan fingerprint density at radius 3 is 1.78 bits per heavy atom. The van der Waals surface area contributed by atoms with Gasteiger partial charge in [0, 0.05) is 11.1 Å². The third-order valence-corrected chi connectivity index (χ3v) is 10.8. The van der Waals surface area contributed by atoms with E-state index in [9.17, 15) is 63.8 Å². The molecule has 0 amide bonds. The van der Waals surface area contributed by atoms with Gasteiger partial charge in [-0.25, -0.2) is 34.6 Å². The maximum absolute atomic E-state index is 12.3. The van der Waals surface area contributed by atoms with E-state index in [1.165, 1.54) is 42.6 Å². The zero-order valence-corrected chi connectivity index (χ0v) is 44.7. The normalized spacial score (nSPS) is 11.3. The predicted octanol–water partition coefficient (Wildman–Crippen LogP) is -6.84. The van der Waals surface area contributed by atoms with E-state index in [1.54, 1.807) is 6.07 Å². The Morgan fingerprint density at radius 1 is 0.691 bits per heavy atom. The molecule has 0 aliphatic carbocycles. The molecule has 0 saturated heterocycles. The number of carbonyl (C=O) groups excluding carboxylic acids is 1. The molecule has 0 spiro atoms. The molecule has 4 aromatic carbocycles. The molecule has 33 heteroatoms. The number of aromatic nitrogens is 4. The molecular weight excluding hydrogens is 1060 g/mol. The number of hydrogen-bond acceptors (Lipinski definition) is 22. The van der Waals surface area contributed by atoms with E-state index in [4.69, 9.17) is 11.6 Å². The summed E-state index contributed by atoms with van der Waals surface area (Å²) in [4.78, 5) is 33.4. The minimum Gasteiger partial charge on any atom is -0.870 e. The number of phenolic OH excluding ortho intramolecular Hbond substituents is 1. The van der Waals surface area contributed by atoms with Crippen LogP contribution in [0.25, 0.3) is 5.95 Å². The van der Waals surface area contributed by atoms with E-state index in [0.717, 1.165) is 41.1 Å². The van der Waals surface area contributed by atoms with E-state index in [0.29, 0.717) is 18.2 Å². The fraction of sp³-hybridized carbons (Fsp3) is 0. The first-order valence-corrected chi connectivity index (χ1v) is 21.4. The number of benzene rings is 4. The molecule has 0 saturated carbocycles. The van der Waals surface area contributed by atoms with Crippen LogP contribution in [0.5, 0.6) is 5.75 Å². The number of nitrogens with one attached hydrogen (secondary N) is 3. The summed E-state index contributed by atoms with van der Waals surface area (Å²) < 4.78 is 108. The number of pyridine rings is 1. The monoisotopic (exact) mass is 1090 g/mol. The van der Waals surface area contributed by atoms with Gasteiger partial charge in [0.1, 0.15) is 36.0 Å². The predicted molar refractivity (Wildman–Crippen MR) is 212 cm³/mol. The quantitative estimate of drug-likeness (QED) is 0.00989. The van der Waals surface area contributed by atoms with Crippen molar-refractivity contribution >= 4 is 94.4 Å². The van der Waals surface area contributed by atoms with Gasteiger partial charge in [0.05, 0.1) is 60.7 Å². The van der Waals surface area contributed by atoms with Crippen molar-refractivity contribution in [3.8, 4) is 11.7 Å². The third kappa shape index (κ3) is 16.0. The summed E-state index contributed by atoms with van der Waals surface area (Å²) in [5.41, 5.74) is -0.429. The van der Waals surface area contributed by atoms with Gasteiger partial charge in [0.15, 0.2) is 5.75 Å². The second kappa shape index (κ2) is 25.7. The second-order valence-electron chi connectivity index (χ2n) is 12.3. The summed E-state index contributed by atoms with van der Waals surface area (Å²) in [5.74, 6) is -5.87. The standard InChI is InChI=1S/C35H25ClN10O14S3.Cu.3Na.H2O/c36-24-11-9-21(62(55,56)57)14-26(24)37-33-39-34(41-35(40-33)46-12-4-7-19(17-46)31(48)49)38-27-15-22(63(58,59)60)16-28(29(27)47)43-45-30(18-5-2-1-3-6-18)44-42-25-13-20(61(52,53)54)8-10-23(25)32(50)51;;;;;/h1-17H,(H8-,37,38,39,40,41,42,43,44,45,47,48,49,50,51,52,53,54,55,56,57,58,59,60);;;;;1H2/q;+2;3*+1;/p-4. The van der Waals surface area contributed by atoms with E-state index < -0.39 is 103 Å². The first-order valence-electron chi connectivity index (χ1n) is 16.8. The Morgan fingerprint density at radius 2 is 1.22 bits per heavy atom. The van der Waals surface area contributed by atoms with Gasteiger partial charge in [-0.1, -0.05) is 41.9 Å². The van der Waals surface area contributed by atoms with Crippen molar-refractivity contribution < 1.29 is 180 Å². The van der Waals surface area contributed by atoms with E-state index >= 15 is 0 Å². The summed E-state index contributed by atoms with van der Waals surface area (Å²) in [5, 5.41) is 49.4. The van der Waals surface area contributed by atoms with Gasteiger partial charge in [0.25, 0.3) is 0 Å². The third-order valence-electron chi connectivity index (χ3n) is 8.04. The Bertz CT molecular complexity index is 3260. The maximum atomic E-state index is 12.3. The van der Waals surface area contributed by atoms with E-state index in [1.807, 2.05) is 0 Å². The van der Waals surface area contributed by atoms with Crippen molar-refractivity contribution in [3.63, 3.8) is 0 Å². The molecule has 25 nitrogen and oxygen atoms in total.